The van der Waals surface area contributed by atoms with E-state index in [9.17, 15) is 57.9 Å². The van der Waals surface area contributed by atoms with Gasteiger partial charge in [-0.25, -0.2) is 28.6 Å². The minimum absolute atomic E-state index is 0.0337. The van der Waals surface area contributed by atoms with E-state index in [0.29, 0.717) is 12.2 Å². The summed E-state index contributed by atoms with van der Waals surface area (Å²) in [4.78, 5) is 88.5. The number of amides is 2. The molecule has 0 bridgehead atoms. The fraction of sp³-hybridized carbons (Fsp3) is 0.767. The molecule has 3 rings (SSSR count). The number of nitrogen functional groups attached to an aromatic ring is 1. The Kier molecular flexibility index (Phi) is 28.1. The predicted molar refractivity (Wildman–Crippen MR) is 265 cm³/mol. The second-order valence-electron chi connectivity index (χ2n) is 18.0. The highest BCUT2D eigenvalue weighted by Gasteiger charge is 2.50. The van der Waals surface area contributed by atoms with Crippen LogP contribution in [0.2, 0.25) is 0 Å². The normalized spacial score (nSPS) is 19.7. The van der Waals surface area contributed by atoms with Gasteiger partial charge in [-0.15, -0.1) is 0 Å². The summed E-state index contributed by atoms with van der Waals surface area (Å²) in [6, 6.07) is 0. The lowest BCUT2D eigenvalue weighted by atomic mass is 9.87. The van der Waals surface area contributed by atoms with Crippen LogP contribution < -0.4 is 16.4 Å². The molecular formula is C43H76N7O17P3S. The highest BCUT2D eigenvalue weighted by Crippen LogP contribution is 2.61. The molecule has 3 heterocycles. The lowest BCUT2D eigenvalue weighted by Gasteiger charge is -2.30. The van der Waals surface area contributed by atoms with E-state index in [2.05, 4.69) is 53.5 Å². The topological polar surface area (TPSA) is 364 Å². The predicted octanol–water partition coefficient (Wildman–Crippen LogP) is 6.26. The Bertz CT molecular complexity index is 2120. The summed E-state index contributed by atoms with van der Waals surface area (Å²) in [5, 5.41) is 26.7. The third-order valence-corrected chi connectivity index (χ3v) is 15.4. The van der Waals surface area contributed by atoms with E-state index in [-0.39, 0.29) is 41.6 Å². The highest BCUT2D eigenvalue weighted by atomic mass is 32.2. The van der Waals surface area contributed by atoms with E-state index in [0.717, 1.165) is 48.2 Å². The molecule has 71 heavy (non-hydrogen) atoms. The average molecular weight is 1090 g/mol. The SMILES string of the molecule is CCCCCCCC/C=C\CCCCCCCCCCCC(=O)SCCNC(=O)CCNC(=O)C(O)C(C)(C)COP(=O)(O)OP(=O)(O)OC[C@H]1O[C@@H](n2cnc3c(N)ncnc32)[C@H](O)[C@@H]1OP(=O)(O)O. The van der Waals surface area contributed by atoms with Crippen LogP contribution in [0.15, 0.2) is 24.8 Å². The van der Waals surface area contributed by atoms with Crippen molar-refractivity contribution in [3.8, 4) is 0 Å². The van der Waals surface area contributed by atoms with Gasteiger partial charge in [-0.1, -0.05) is 122 Å². The van der Waals surface area contributed by atoms with Crippen molar-refractivity contribution in [3.05, 3.63) is 24.8 Å². The third-order valence-electron chi connectivity index (χ3n) is 11.4. The van der Waals surface area contributed by atoms with Gasteiger partial charge < -0.3 is 50.9 Å². The first kappa shape index (κ1) is 62.6. The zero-order valence-corrected chi connectivity index (χ0v) is 44.5. The van der Waals surface area contributed by atoms with E-state index in [4.69, 9.17) is 19.5 Å². The number of aromatic nitrogens is 4. The summed E-state index contributed by atoms with van der Waals surface area (Å²) in [5.74, 6) is -1.02. The standard InChI is InChI=1S/C43H76N7O17P3S/c1-4-5-6-7-8-9-10-11-12-13-14-15-16-17-18-19-20-21-22-23-34(52)71-27-26-45-33(51)24-25-46-41(55)38(54)43(2,3)29-64-70(61,62)67-69(59,60)63-28-32-37(66-68(56,57)58)36(53)42(65-32)50-31-49-35-39(44)47-30-48-40(35)50/h11-12,30-32,36-38,42,53-54H,4-10,13-29H2,1-3H3,(H,45,51)(H,46,55)(H,59,60)(H,61,62)(H2,44,47,48)(H2,56,57,58)/b12-11-/t32-,36-,37-,38?,42-/m1/s1. The zero-order valence-electron chi connectivity index (χ0n) is 41.0. The zero-order chi connectivity index (χ0) is 52.5. The number of allylic oxidation sites excluding steroid dienone is 2. The van der Waals surface area contributed by atoms with E-state index in [1.165, 1.54) is 104 Å². The van der Waals surface area contributed by atoms with Gasteiger partial charge in [0.15, 0.2) is 22.8 Å². The first-order valence-corrected chi connectivity index (χ1v) is 29.8. The number of fused-ring (bicyclic) bond motifs is 1. The molecule has 2 amide bonds. The maximum Gasteiger partial charge on any atom is 0.481 e. The quantitative estimate of drug-likeness (QED) is 0.0203. The van der Waals surface area contributed by atoms with Crippen molar-refractivity contribution in [2.45, 2.75) is 173 Å². The molecule has 0 aliphatic carbocycles. The van der Waals surface area contributed by atoms with Crippen LogP contribution >= 0.6 is 35.2 Å². The van der Waals surface area contributed by atoms with Gasteiger partial charge in [-0.05, 0) is 32.1 Å². The Balaban J connectivity index is 1.25. The second kappa shape index (κ2) is 31.9. The van der Waals surface area contributed by atoms with Crippen LogP contribution in [0.3, 0.4) is 0 Å². The van der Waals surface area contributed by atoms with E-state index in [1.54, 1.807) is 0 Å². The van der Waals surface area contributed by atoms with Crippen molar-refractivity contribution in [1.29, 1.82) is 0 Å². The van der Waals surface area contributed by atoms with E-state index >= 15 is 0 Å². The molecular weight excluding hydrogens is 1010 g/mol. The van der Waals surface area contributed by atoms with Gasteiger partial charge in [0.25, 0.3) is 0 Å². The molecule has 0 saturated carbocycles. The number of imidazole rings is 1. The number of nitrogens with zero attached hydrogens (tertiary/aromatic N) is 4. The van der Waals surface area contributed by atoms with Crippen molar-refractivity contribution in [2.75, 3.05) is 37.8 Å². The Morgan fingerprint density at radius 3 is 2.06 bits per heavy atom. The van der Waals surface area contributed by atoms with Crippen molar-refractivity contribution in [3.63, 3.8) is 0 Å². The number of nitrogens with one attached hydrogen (secondary N) is 2. The van der Waals surface area contributed by atoms with Gasteiger partial charge >= 0.3 is 23.5 Å². The number of aliphatic hydroxyl groups excluding tert-OH is 2. The average Bonchev–Trinajstić information content (AvgIpc) is 3.86. The van der Waals surface area contributed by atoms with Gasteiger partial charge in [-0.3, -0.25) is 32.5 Å². The Labute approximate surface area is 419 Å². The molecule has 3 unspecified atom stereocenters. The van der Waals surface area contributed by atoms with Gasteiger partial charge in [0.2, 0.25) is 11.8 Å². The van der Waals surface area contributed by atoms with Crippen LogP contribution in [0, 0.1) is 5.41 Å². The fourth-order valence-electron chi connectivity index (χ4n) is 7.41. The number of rotatable bonds is 38. The lowest BCUT2D eigenvalue weighted by molar-refractivity contribution is -0.137. The van der Waals surface area contributed by atoms with Gasteiger partial charge in [0.05, 0.1) is 19.5 Å². The number of hydrogen-bond acceptors (Lipinski definition) is 18. The van der Waals surface area contributed by atoms with Crippen LogP contribution in [-0.4, -0.2) is 123 Å². The molecule has 0 spiro atoms. The van der Waals surface area contributed by atoms with Crippen molar-refractivity contribution in [2.24, 2.45) is 5.41 Å². The Hall–Kier alpha value is -2.70. The third kappa shape index (κ3) is 24.5. The molecule has 10 N–H and O–H groups in total. The first-order valence-electron chi connectivity index (χ1n) is 24.3. The number of hydrogen-bond donors (Lipinski definition) is 9. The number of nitrogens with two attached hydrogens (primary N) is 1. The minimum Gasteiger partial charge on any atom is -0.386 e. The molecule has 2 aromatic heterocycles. The summed E-state index contributed by atoms with van der Waals surface area (Å²) in [6.07, 6.45) is 19.1. The number of aliphatic hydroxyl groups is 2. The molecule has 0 aromatic carbocycles. The smallest absolute Gasteiger partial charge is 0.386 e. The Morgan fingerprint density at radius 1 is 0.845 bits per heavy atom. The van der Waals surface area contributed by atoms with Crippen molar-refractivity contribution in [1.82, 2.24) is 30.2 Å². The monoisotopic (exact) mass is 1090 g/mol. The summed E-state index contributed by atoms with van der Waals surface area (Å²) in [7, 11) is -16.4. The molecule has 406 valence electrons. The summed E-state index contributed by atoms with van der Waals surface area (Å²) >= 11 is 1.16. The number of phosphoric acid groups is 3. The van der Waals surface area contributed by atoms with Gasteiger partial charge in [-0.2, -0.15) is 4.31 Å². The Morgan fingerprint density at radius 2 is 1.44 bits per heavy atom. The molecule has 28 heteroatoms. The lowest BCUT2D eigenvalue weighted by Crippen LogP contribution is -2.46. The molecule has 2 aromatic rings. The fourth-order valence-corrected chi connectivity index (χ4v) is 11.0. The molecule has 7 atom stereocenters. The number of unbranched alkanes of at least 4 members (excludes halogenated alkanes) is 15. The van der Waals surface area contributed by atoms with Crippen LogP contribution in [0.25, 0.3) is 11.2 Å². The molecule has 1 aliphatic heterocycles. The summed E-state index contributed by atoms with van der Waals surface area (Å²) in [5.41, 5.74) is 4.29. The van der Waals surface area contributed by atoms with Crippen LogP contribution in [0.4, 0.5) is 5.82 Å². The maximum absolute atomic E-state index is 12.8. The second-order valence-corrected chi connectivity index (χ2v) is 23.4. The molecule has 0 radical (unpaired) electrons. The van der Waals surface area contributed by atoms with Crippen LogP contribution in [0.5, 0.6) is 0 Å². The van der Waals surface area contributed by atoms with E-state index < -0.39 is 84.6 Å². The van der Waals surface area contributed by atoms with E-state index in [1.807, 2.05) is 0 Å². The number of carbonyl (C=O) groups excluding carboxylic acids is 3. The van der Waals surface area contributed by atoms with Crippen molar-refractivity contribution < 1.29 is 80.5 Å². The number of ether oxygens (including phenoxy) is 1. The number of thioether (sulfide) groups is 1. The minimum atomic E-state index is -5.58. The maximum atomic E-state index is 12.8. The van der Waals surface area contributed by atoms with Gasteiger partial charge in [0, 0.05) is 37.1 Å². The number of carbonyl (C=O) groups is 3. The van der Waals surface area contributed by atoms with Crippen molar-refractivity contribution >= 4 is 69.1 Å². The summed E-state index contributed by atoms with van der Waals surface area (Å²) < 4.78 is 62.5. The largest absolute Gasteiger partial charge is 0.481 e. The summed E-state index contributed by atoms with van der Waals surface area (Å²) in [6.45, 7) is 2.82. The molecule has 1 saturated heterocycles. The van der Waals surface area contributed by atoms with Crippen LogP contribution in [-0.2, 0) is 50.7 Å². The number of anilines is 1. The van der Waals surface area contributed by atoms with Crippen LogP contribution in [0.1, 0.15) is 149 Å². The highest BCUT2D eigenvalue weighted by molar-refractivity contribution is 8.13. The molecule has 1 aliphatic rings. The first-order chi connectivity index (χ1) is 33.6. The number of phosphoric ester groups is 3. The van der Waals surface area contributed by atoms with Gasteiger partial charge in [0.1, 0.15) is 36.3 Å². The molecule has 1 fully saturated rings. The molecule has 24 nitrogen and oxygen atoms in total.